The zero-order chi connectivity index (χ0) is 19.6. The lowest BCUT2D eigenvalue weighted by molar-refractivity contribution is -0.122. The SMILES string of the molecule is CCC(=O)Nc1ccc(C(=O)NCCNC(=O)Cn2ncccc2=O)cc1. The molecule has 0 atom stereocenters. The lowest BCUT2D eigenvalue weighted by Crippen LogP contribution is -2.38. The third kappa shape index (κ3) is 6.38. The lowest BCUT2D eigenvalue weighted by atomic mass is 10.2. The van der Waals surface area contributed by atoms with Gasteiger partial charge in [0.1, 0.15) is 6.54 Å². The number of nitrogens with one attached hydrogen (secondary N) is 3. The van der Waals surface area contributed by atoms with E-state index in [-0.39, 0.29) is 42.9 Å². The predicted octanol–water partition coefficient (Wildman–Crippen LogP) is 0.138. The molecule has 0 fully saturated rings. The quantitative estimate of drug-likeness (QED) is 0.570. The smallest absolute Gasteiger partial charge is 0.267 e. The van der Waals surface area contributed by atoms with Gasteiger partial charge in [0, 0.05) is 43.0 Å². The van der Waals surface area contributed by atoms with Crippen LogP contribution in [-0.4, -0.2) is 40.6 Å². The first-order chi connectivity index (χ1) is 13.0. The van der Waals surface area contributed by atoms with Crippen LogP contribution in [0.4, 0.5) is 5.69 Å². The molecule has 27 heavy (non-hydrogen) atoms. The molecule has 3 amide bonds. The van der Waals surface area contributed by atoms with Crippen LogP contribution in [0, 0.1) is 0 Å². The molecular formula is C18H21N5O4. The highest BCUT2D eigenvalue weighted by Gasteiger charge is 2.07. The van der Waals surface area contributed by atoms with Gasteiger partial charge in [-0.2, -0.15) is 5.10 Å². The van der Waals surface area contributed by atoms with E-state index >= 15 is 0 Å². The Labute approximate surface area is 155 Å². The molecule has 0 spiro atoms. The van der Waals surface area contributed by atoms with Crippen molar-refractivity contribution in [1.29, 1.82) is 0 Å². The molecule has 0 unspecified atom stereocenters. The van der Waals surface area contributed by atoms with Gasteiger partial charge in [0.2, 0.25) is 11.8 Å². The first kappa shape index (κ1) is 19.8. The molecule has 0 aliphatic heterocycles. The minimum Gasteiger partial charge on any atom is -0.353 e. The molecule has 2 aromatic rings. The maximum atomic E-state index is 12.0. The van der Waals surface area contributed by atoms with Crippen LogP contribution >= 0.6 is 0 Å². The molecule has 0 aliphatic carbocycles. The largest absolute Gasteiger partial charge is 0.353 e. The Kier molecular flexibility index (Phi) is 7.24. The van der Waals surface area contributed by atoms with Crippen molar-refractivity contribution in [3.8, 4) is 0 Å². The third-order valence-electron chi connectivity index (χ3n) is 3.56. The Morgan fingerprint density at radius 3 is 2.37 bits per heavy atom. The van der Waals surface area contributed by atoms with Gasteiger partial charge in [-0.3, -0.25) is 19.2 Å². The molecule has 1 heterocycles. The Bertz CT molecular complexity index is 861. The molecule has 0 saturated heterocycles. The molecule has 0 saturated carbocycles. The van der Waals surface area contributed by atoms with E-state index in [0.29, 0.717) is 17.7 Å². The molecule has 1 aromatic heterocycles. The van der Waals surface area contributed by atoms with Crippen molar-refractivity contribution in [2.45, 2.75) is 19.9 Å². The molecule has 0 aliphatic rings. The van der Waals surface area contributed by atoms with Crippen LogP contribution in [0.15, 0.2) is 47.4 Å². The van der Waals surface area contributed by atoms with Crippen molar-refractivity contribution in [3.05, 3.63) is 58.5 Å². The fraction of sp³-hybridized carbons (Fsp3) is 0.278. The second kappa shape index (κ2) is 9.85. The predicted molar refractivity (Wildman–Crippen MR) is 99.2 cm³/mol. The van der Waals surface area contributed by atoms with Gasteiger partial charge >= 0.3 is 0 Å². The summed E-state index contributed by atoms with van der Waals surface area (Å²) < 4.78 is 1.05. The number of hydrogen-bond donors (Lipinski definition) is 3. The van der Waals surface area contributed by atoms with Gasteiger partial charge in [-0.25, -0.2) is 4.68 Å². The summed E-state index contributed by atoms with van der Waals surface area (Å²) >= 11 is 0. The fourth-order valence-electron chi connectivity index (χ4n) is 2.13. The number of aromatic nitrogens is 2. The highest BCUT2D eigenvalue weighted by Crippen LogP contribution is 2.09. The van der Waals surface area contributed by atoms with Crippen molar-refractivity contribution in [2.75, 3.05) is 18.4 Å². The van der Waals surface area contributed by atoms with Crippen molar-refractivity contribution < 1.29 is 14.4 Å². The Morgan fingerprint density at radius 1 is 1.00 bits per heavy atom. The van der Waals surface area contributed by atoms with E-state index in [1.807, 2.05) is 0 Å². The van der Waals surface area contributed by atoms with Crippen LogP contribution in [0.3, 0.4) is 0 Å². The molecule has 0 bridgehead atoms. The summed E-state index contributed by atoms with van der Waals surface area (Å²) in [6.07, 6.45) is 1.80. The summed E-state index contributed by atoms with van der Waals surface area (Å²) in [6, 6.07) is 9.32. The molecule has 9 heteroatoms. The third-order valence-corrected chi connectivity index (χ3v) is 3.56. The number of amides is 3. The van der Waals surface area contributed by atoms with Gasteiger partial charge in [0.15, 0.2) is 0 Å². The van der Waals surface area contributed by atoms with Crippen LogP contribution in [-0.2, 0) is 16.1 Å². The maximum absolute atomic E-state index is 12.0. The molecule has 3 N–H and O–H groups in total. The molecule has 1 aromatic carbocycles. The van der Waals surface area contributed by atoms with Crippen molar-refractivity contribution in [3.63, 3.8) is 0 Å². The monoisotopic (exact) mass is 371 g/mol. The van der Waals surface area contributed by atoms with E-state index < -0.39 is 0 Å². The maximum Gasteiger partial charge on any atom is 0.267 e. The molecule has 2 rings (SSSR count). The van der Waals surface area contributed by atoms with Crippen molar-refractivity contribution in [2.24, 2.45) is 0 Å². The van der Waals surface area contributed by atoms with E-state index in [1.54, 1.807) is 31.2 Å². The van der Waals surface area contributed by atoms with Crippen LogP contribution in [0.5, 0.6) is 0 Å². The summed E-state index contributed by atoms with van der Waals surface area (Å²) in [5, 5.41) is 11.8. The van der Waals surface area contributed by atoms with E-state index in [4.69, 9.17) is 0 Å². The average Bonchev–Trinajstić information content (AvgIpc) is 2.67. The van der Waals surface area contributed by atoms with Crippen molar-refractivity contribution >= 4 is 23.4 Å². The Morgan fingerprint density at radius 2 is 1.70 bits per heavy atom. The minimum absolute atomic E-state index is 0.101. The molecule has 9 nitrogen and oxygen atoms in total. The normalized spacial score (nSPS) is 10.1. The van der Waals surface area contributed by atoms with Gasteiger partial charge in [-0.05, 0) is 30.3 Å². The highest BCUT2D eigenvalue weighted by atomic mass is 16.2. The summed E-state index contributed by atoms with van der Waals surface area (Å²) in [4.78, 5) is 46.6. The second-order valence-electron chi connectivity index (χ2n) is 5.60. The van der Waals surface area contributed by atoms with Crippen molar-refractivity contribution in [1.82, 2.24) is 20.4 Å². The fourth-order valence-corrected chi connectivity index (χ4v) is 2.13. The zero-order valence-corrected chi connectivity index (χ0v) is 14.9. The van der Waals surface area contributed by atoms with Gasteiger partial charge < -0.3 is 16.0 Å². The summed E-state index contributed by atoms with van der Waals surface area (Å²) in [5.41, 5.74) is 0.700. The molecular weight excluding hydrogens is 350 g/mol. The zero-order valence-electron chi connectivity index (χ0n) is 14.9. The van der Waals surface area contributed by atoms with Gasteiger partial charge in [-0.1, -0.05) is 6.92 Å². The first-order valence-corrected chi connectivity index (χ1v) is 8.46. The topological polar surface area (TPSA) is 122 Å². The van der Waals surface area contributed by atoms with E-state index in [2.05, 4.69) is 21.0 Å². The van der Waals surface area contributed by atoms with Gasteiger partial charge in [0.05, 0.1) is 0 Å². The van der Waals surface area contributed by atoms with E-state index in [0.717, 1.165) is 4.68 Å². The number of hydrogen-bond acceptors (Lipinski definition) is 5. The summed E-state index contributed by atoms with van der Waals surface area (Å²) in [6.45, 7) is 2.02. The van der Waals surface area contributed by atoms with E-state index in [9.17, 15) is 19.2 Å². The lowest BCUT2D eigenvalue weighted by Gasteiger charge is -2.08. The molecule has 0 radical (unpaired) electrons. The number of rotatable bonds is 8. The number of benzene rings is 1. The Hall–Kier alpha value is -3.49. The number of nitrogens with zero attached hydrogens (tertiary/aromatic N) is 2. The number of carbonyl (C=O) groups excluding carboxylic acids is 3. The van der Waals surface area contributed by atoms with Crippen LogP contribution < -0.4 is 21.5 Å². The molecule has 142 valence electrons. The van der Waals surface area contributed by atoms with Crippen LogP contribution in [0.2, 0.25) is 0 Å². The van der Waals surface area contributed by atoms with Crippen LogP contribution in [0.1, 0.15) is 23.7 Å². The average molecular weight is 371 g/mol. The first-order valence-electron chi connectivity index (χ1n) is 8.46. The standard InChI is InChI=1S/C18H21N5O4/c1-2-15(24)22-14-7-5-13(6-8-14)18(27)20-11-10-19-16(25)12-23-17(26)4-3-9-21-23/h3-9H,2,10-12H2,1H3,(H,19,25)(H,20,27)(H,22,24). The number of carbonyl (C=O) groups is 3. The minimum atomic E-state index is -0.374. The number of anilines is 1. The Balaban J connectivity index is 1.72. The summed E-state index contributed by atoms with van der Waals surface area (Å²) in [5.74, 6) is -0.768. The highest BCUT2D eigenvalue weighted by molar-refractivity contribution is 5.95. The summed E-state index contributed by atoms with van der Waals surface area (Å²) in [7, 11) is 0. The second-order valence-corrected chi connectivity index (χ2v) is 5.60. The van der Waals surface area contributed by atoms with Gasteiger partial charge in [-0.15, -0.1) is 0 Å². The van der Waals surface area contributed by atoms with Crippen LogP contribution in [0.25, 0.3) is 0 Å². The van der Waals surface area contributed by atoms with E-state index in [1.165, 1.54) is 18.3 Å². The van der Waals surface area contributed by atoms with Gasteiger partial charge in [0.25, 0.3) is 11.5 Å².